The third kappa shape index (κ3) is 7.25. The number of aliphatic hydroxyl groups excluding tert-OH is 1. The second-order valence-corrected chi connectivity index (χ2v) is 4.47. The summed E-state index contributed by atoms with van der Waals surface area (Å²) in [5.74, 6) is -1.50. The number of nitrogens with one attached hydrogen (secondary N) is 1. The van der Waals surface area contributed by atoms with Gasteiger partial charge in [-0.05, 0) is 19.1 Å². The molecule has 0 bridgehead atoms. The van der Waals surface area contributed by atoms with E-state index in [1.807, 2.05) is 0 Å². The predicted molar refractivity (Wildman–Crippen MR) is 67.0 cm³/mol. The Hall–Kier alpha value is -1.12. The van der Waals surface area contributed by atoms with Crippen LogP contribution in [0.4, 0.5) is 0 Å². The van der Waals surface area contributed by atoms with E-state index >= 15 is 0 Å². The van der Waals surface area contributed by atoms with E-state index in [1.165, 1.54) is 0 Å². The molecular weight excluding hydrogens is 260 g/mol. The number of aliphatic hydroxyl groups is 1. The largest absolute Gasteiger partial charge is 0.480 e. The summed E-state index contributed by atoms with van der Waals surface area (Å²) < 4.78 is 0. The Kier molecular flexibility index (Phi) is 8.34. The summed E-state index contributed by atoms with van der Waals surface area (Å²) in [6.07, 6.45) is 0.656. The van der Waals surface area contributed by atoms with Gasteiger partial charge in [0.05, 0.1) is 0 Å². The van der Waals surface area contributed by atoms with Gasteiger partial charge in [-0.1, -0.05) is 11.8 Å². The molecule has 0 saturated heterocycles. The Morgan fingerprint density at radius 1 is 1.33 bits per heavy atom. The van der Waals surface area contributed by atoms with Gasteiger partial charge in [-0.15, -0.1) is 0 Å². The molecule has 2 atom stereocenters. The van der Waals surface area contributed by atoms with Gasteiger partial charge in [0.15, 0.2) is 0 Å². The number of carbonyl (C=O) groups is 3. The molecule has 0 rings (SSSR count). The van der Waals surface area contributed by atoms with E-state index in [0.29, 0.717) is 0 Å². The lowest BCUT2D eigenvalue weighted by Crippen LogP contribution is -2.33. The molecule has 0 unspecified atom stereocenters. The topological polar surface area (TPSA) is 130 Å². The van der Waals surface area contributed by atoms with Crippen molar-refractivity contribution in [1.82, 2.24) is 5.32 Å². The van der Waals surface area contributed by atoms with E-state index in [4.69, 9.17) is 10.8 Å². The van der Waals surface area contributed by atoms with Crippen LogP contribution in [0.1, 0.15) is 19.3 Å². The van der Waals surface area contributed by atoms with Crippen LogP contribution in [0.15, 0.2) is 0 Å². The normalized spacial score (nSPS) is 13.7. The Labute approximate surface area is 109 Å². The van der Waals surface area contributed by atoms with Gasteiger partial charge in [0.25, 0.3) is 0 Å². The first-order chi connectivity index (χ1) is 8.38. The third-order valence-corrected chi connectivity index (χ3v) is 2.89. The number of amides is 1. The van der Waals surface area contributed by atoms with Crippen molar-refractivity contribution in [1.29, 1.82) is 0 Å². The summed E-state index contributed by atoms with van der Waals surface area (Å²) in [4.78, 5) is 32.6. The number of hydrogen-bond donors (Lipinski definition) is 4. The van der Waals surface area contributed by atoms with Gasteiger partial charge >= 0.3 is 5.97 Å². The highest BCUT2D eigenvalue weighted by Gasteiger charge is 2.15. The number of rotatable bonds is 8. The Bertz CT molecular complexity index is 311. The Morgan fingerprint density at radius 3 is 2.44 bits per heavy atom. The highest BCUT2D eigenvalue weighted by atomic mass is 32.2. The standard InChI is InChI=1S/C10H18N2O5S/c1-18-10(17)7(13)4-5-12-8(14)3-2-6(11)9(15)16/h6-7,13H,2-5,11H2,1H3,(H,12,14)(H,15,16)/t6-,7-/m0/s1. The molecule has 0 aliphatic heterocycles. The molecule has 1 amide bonds. The first-order valence-corrected chi connectivity index (χ1v) is 6.62. The molecule has 5 N–H and O–H groups in total. The number of hydrogen-bond acceptors (Lipinski definition) is 6. The van der Waals surface area contributed by atoms with E-state index in [-0.39, 0.29) is 36.8 Å². The molecule has 104 valence electrons. The summed E-state index contributed by atoms with van der Waals surface area (Å²) in [7, 11) is 0. The number of aliphatic carboxylic acids is 1. The van der Waals surface area contributed by atoms with Gasteiger partial charge in [-0.2, -0.15) is 0 Å². The minimum Gasteiger partial charge on any atom is -0.480 e. The number of thioether (sulfide) groups is 1. The fraction of sp³-hybridized carbons (Fsp3) is 0.700. The second-order valence-electron chi connectivity index (χ2n) is 3.66. The molecule has 0 aromatic carbocycles. The number of carboxylic acid groups (broad SMARTS) is 1. The van der Waals surface area contributed by atoms with Crippen LogP contribution >= 0.6 is 11.8 Å². The number of carboxylic acids is 1. The highest BCUT2D eigenvalue weighted by Crippen LogP contribution is 2.03. The first-order valence-electron chi connectivity index (χ1n) is 5.39. The molecule has 18 heavy (non-hydrogen) atoms. The Balaban J connectivity index is 3.72. The van der Waals surface area contributed by atoms with Crippen molar-refractivity contribution >= 4 is 28.8 Å². The van der Waals surface area contributed by atoms with Gasteiger partial charge in [0, 0.05) is 13.0 Å². The van der Waals surface area contributed by atoms with Crippen LogP contribution in [-0.2, 0) is 14.4 Å². The minimum absolute atomic E-state index is 0.0000358. The van der Waals surface area contributed by atoms with Crippen molar-refractivity contribution in [2.75, 3.05) is 12.8 Å². The maximum absolute atomic E-state index is 11.3. The lowest BCUT2D eigenvalue weighted by molar-refractivity contribution is -0.138. The van der Waals surface area contributed by atoms with Crippen molar-refractivity contribution in [3.05, 3.63) is 0 Å². The zero-order chi connectivity index (χ0) is 14.1. The summed E-state index contributed by atoms with van der Waals surface area (Å²) in [6, 6.07) is -1.06. The van der Waals surface area contributed by atoms with Crippen LogP contribution in [0, 0.1) is 0 Å². The van der Waals surface area contributed by atoms with Crippen LogP contribution in [0.2, 0.25) is 0 Å². The van der Waals surface area contributed by atoms with Crippen LogP contribution in [0.25, 0.3) is 0 Å². The molecule has 0 aromatic heterocycles. The van der Waals surface area contributed by atoms with E-state index in [9.17, 15) is 19.5 Å². The summed E-state index contributed by atoms with van der Waals surface area (Å²) in [5.41, 5.74) is 5.23. The molecule has 0 radical (unpaired) electrons. The van der Waals surface area contributed by atoms with Gasteiger partial charge < -0.3 is 21.3 Å². The maximum atomic E-state index is 11.3. The number of nitrogens with two attached hydrogens (primary N) is 1. The smallest absolute Gasteiger partial charge is 0.320 e. The molecule has 0 heterocycles. The molecule has 0 aliphatic carbocycles. The molecule has 0 fully saturated rings. The SMILES string of the molecule is CSC(=O)[C@@H](O)CCNC(=O)CC[C@H](N)C(=O)O. The summed E-state index contributed by atoms with van der Waals surface area (Å²) in [5, 5.41) is 19.9. The van der Waals surface area contributed by atoms with Crippen LogP contribution in [0.5, 0.6) is 0 Å². The van der Waals surface area contributed by atoms with E-state index in [0.717, 1.165) is 11.8 Å². The average molecular weight is 278 g/mol. The van der Waals surface area contributed by atoms with Crippen LogP contribution in [-0.4, -0.2) is 52.2 Å². The molecule has 0 aromatic rings. The van der Waals surface area contributed by atoms with Crippen molar-refractivity contribution in [2.45, 2.75) is 31.4 Å². The first kappa shape index (κ1) is 16.9. The minimum atomic E-state index is -1.15. The van der Waals surface area contributed by atoms with Gasteiger partial charge in [-0.25, -0.2) is 0 Å². The van der Waals surface area contributed by atoms with Crippen molar-refractivity contribution in [3.8, 4) is 0 Å². The van der Waals surface area contributed by atoms with E-state index in [2.05, 4.69) is 5.32 Å². The van der Waals surface area contributed by atoms with E-state index < -0.39 is 18.1 Å². The predicted octanol–water partition coefficient (Wildman–Crippen LogP) is -1.06. The lowest BCUT2D eigenvalue weighted by Gasteiger charge is -2.09. The molecule has 0 aliphatic rings. The molecule has 8 heteroatoms. The zero-order valence-corrected chi connectivity index (χ0v) is 10.9. The van der Waals surface area contributed by atoms with E-state index in [1.54, 1.807) is 6.26 Å². The second kappa shape index (κ2) is 8.90. The van der Waals surface area contributed by atoms with Gasteiger partial charge in [-0.3, -0.25) is 14.4 Å². The highest BCUT2D eigenvalue weighted by molar-refractivity contribution is 8.13. The summed E-state index contributed by atoms with van der Waals surface area (Å²) >= 11 is 0.926. The quantitative estimate of drug-likeness (QED) is 0.445. The molecule has 0 saturated carbocycles. The van der Waals surface area contributed by atoms with Crippen LogP contribution in [0.3, 0.4) is 0 Å². The molecule has 0 spiro atoms. The monoisotopic (exact) mass is 278 g/mol. The molecular formula is C10H18N2O5S. The zero-order valence-electron chi connectivity index (χ0n) is 10.1. The summed E-state index contributed by atoms with van der Waals surface area (Å²) in [6.45, 7) is 0.161. The van der Waals surface area contributed by atoms with Gasteiger partial charge in [0.1, 0.15) is 12.1 Å². The third-order valence-electron chi connectivity index (χ3n) is 2.21. The van der Waals surface area contributed by atoms with Crippen molar-refractivity contribution in [3.63, 3.8) is 0 Å². The number of carbonyl (C=O) groups excluding carboxylic acids is 2. The lowest BCUT2D eigenvalue weighted by atomic mass is 10.1. The Morgan fingerprint density at radius 2 is 1.94 bits per heavy atom. The van der Waals surface area contributed by atoms with Crippen molar-refractivity contribution < 1.29 is 24.6 Å². The van der Waals surface area contributed by atoms with Crippen LogP contribution < -0.4 is 11.1 Å². The maximum Gasteiger partial charge on any atom is 0.320 e. The van der Waals surface area contributed by atoms with Gasteiger partial charge in [0.2, 0.25) is 11.0 Å². The average Bonchev–Trinajstić information content (AvgIpc) is 2.34. The molecule has 7 nitrogen and oxygen atoms in total. The fourth-order valence-electron chi connectivity index (χ4n) is 1.10. The van der Waals surface area contributed by atoms with Crippen molar-refractivity contribution in [2.24, 2.45) is 5.73 Å². The fourth-order valence-corrected chi connectivity index (χ4v) is 1.49.